The molecule has 0 saturated carbocycles. The van der Waals surface area contributed by atoms with E-state index in [1.54, 1.807) is 17.0 Å². The number of aryl methyl sites for hydroxylation is 2. The van der Waals surface area contributed by atoms with Gasteiger partial charge < -0.3 is 10.2 Å². The number of rotatable bonds is 4. The van der Waals surface area contributed by atoms with Gasteiger partial charge in [0, 0.05) is 30.2 Å². The largest absolute Gasteiger partial charge is 0.352 e. The van der Waals surface area contributed by atoms with Crippen molar-refractivity contribution in [2.24, 2.45) is 5.92 Å². The molecule has 130 valence electrons. The highest BCUT2D eigenvalue weighted by Crippen LogP contribution is 2.27. The van der Waals surface area contributed by atoms with E-state index in [1.165, 1.54) is 5.56 Å². The fourth-order valence-electron chi connectivity index (χ4n) is 2.96. The average molecular weight is 357 g/mol. The van der Waals surface area contributed by atoms with E-state index in [1.807, 2.05) is 44.2 Å². The van der Waals surface area contributed by atoms with Crippen molar-refractivity contribution in [1.82, 2.24) is 5.32 Å². The van der Waals surface area contributed by atoms with Crippen molar-refractivity contribution in [2.45, 2.75) is 26.8 Å². The van der Waals surface area contributed by atoms with Crippen LogP contribution in [0.25, 0.3) is 0 Å². The molecule has 2 aromatic carbocycles. The van der Waals surface area contributed by atoms with Gasteiger partial charge >= 0.3 is 0 Å². The molecule has 1 atom stereocenters. The lowest BCUT2D eigenvalue weighted by Crippen LogP contribution is -2.32. The second kappa shape index (κ2) is 7.28. The molecule has 0 aromatic heterocycles. The fraction of sp³-hybridized carbons (Fsp3) is 0.300. The SMILES string of the molecule is Cc1ccc(N2CC(C(=O)NCc3ccc(Cl)cc3)CC2=O)cc1C. The molecule has 1 fully saturated rings. The Balaban J connectivity index is 1.62. The Labute approximate surface area is 152 Å². The molecule has 0 bridgehead atoms. The van der Waals surface area contributed by atoms with Crippen LogP contribution in [0.15, 0.2) is 42.5 Å². The van der Waals surface area contributed by atoms with Crippen molar-refractivity contribution in [3.8, 4) is 0 Å². The molecule has 3 rings (SSSR count). The number of hydrogen-bond donors (Lipinski definition) is 1. The number of carbonyl (C=O) groups is 2. The van der Waals surface area contributed by atoms with E-state index in [9.17, 15) is 9.59 Å². The molecule has 2 amide bonds. The summed E-state index contributed by atoms with van der Waals surface area (Å²) in [4.78, 5) is 26.4. The van der Waals surface area contributed by atoms with Crippen LogP contribution in [0.1, 0.15) is 23.1 Å². The number of amides is 2. The summed E-state index contributed by atoms with van der Waals surface area (Å²) in [5.74, 6) is -0.411. The fourth-order valence-corrected chi connectivity index (χ4v) is 3.09. The van der Waals surface area contributed by atoms with Crippen molar-refractivity contribution < 1.29 is 9.59 Å². The summed E-state index contributed by atoms with van der Waals surface area (Å²) in [6, 6.07) is 13.3. The van der Waals surface area contributed by atoms with E-state index in [2.05, 4.69) is 5.32 Å². The van der Waals surface area contributed by atoms with Crippen LogP contribution in [-0.4, -0.2) is 18.4 Å². The number of anilines is 1. The van der Waals surface area contributed by atoms with E-state index in [0.29, 0.717) is 18.1 Å². The van der Waals surface area contributed by atoms with Crippen LogP contribution < -0.4 is 10.2 Å². The van der Waals surface area contributed by atoms with Gasteiger partial charge in [-0.2, -0.15) is 0 Å². The standard InChI is InChI=1S/C20H21ClN2O2/c1-13-3-8-18(9-14(13)2)23-12-16(10-19(23)24)20(25)22-11-15-4-6-17(21)7-5-15/h3-9,16H,10-12H2,1-2H3,(H,22,25). The number of nitrogens with one attached hydrogen (secondary N) is 1. The summed E-state index contributed by atoms with van der Waals surface area (Å²) >= 11 is 5.86. The molecular formula is C20H21ClN2O2. The van der Waals surface area contributed by atoms with Crippen molar-refractivity contribution in [2.75, 3.05) is 11.4 Å². The highest BCUT2D eigenvalue weighted by atomic mass is 35.5. The molecule has 25 heavy (non-hydrogen) atoms. The number of carbonyl (C=O) groups excluding carboxylic acids is 2. The predicted octanol–water partition coefficient (Wildman–Crippen LogP) is 3.63. The molecule has 0 radical (unpaired) electrons. The molecule has 1 heterocycles. The van der Waals surface area contributed by atoms with Gasteiger partial charge in [0.1, 0.15) is 0 Å². The maximum absolute atomic E-state index is 12.4. The third-order valence-electron chi connectivity index (χ3n) is 4.68. The Morgan fingerprint density at radius 1 is 1.16 bits per heavy atom. The molecule has 0 aliphatic carbocycles. The topological polar surface area (TPSA) is 49.4 Å². The molecule has 2 aromatic rings. The van der Waals surface area contributed by atoms with Crippen LogP contribution >= 0.6 is 11.6 Å². The first kappa shape index (κ1) is 17.5. The van der Waals surface area contributed by atoms with Gasteiger partial charge in [-0.25, -0.2) is 0 Å². The first-order chi connectivity index (χ1) is 11.9. The van der Waals surface area contributed by atoms with E-state index in [0.717, 1.165) is 16.8 Å². The second-order valence-electron chi connectivity index (χ2n) is 6.52. The Kier molecular flexibility index (Phi) is 5.09. The van der Waals surface area contributed by atoms with Gasteiger partial charge in [0.2, 0.25) is 11.8 Å². The van der Waals surface area contributed by atoms with Crippen LogP contribution in [0.2, 0.25) is 5.02 Å². The Morgan fingerprint density at radius 2 is 1.88 bits per heavy atom. The normalized spacial score (nSPS) is 17.0. The Morgan fingerprint density at radius 3 is 2.56 bits per heavy atom. The van der Waals surface area contributed by atoms with Crippen molar-refractivity contribution in [3.05, 3.63) is 64.2 Å². The van der Waals surface area contributed by atoms with Gasteiger partial charge in [0.15, 0.2) is 0 Å². The van der Waals surface area contributed by atoms with Crippen LogP contribution in [0.5, 0.6) is 0 Å². The molecule has 1 aliphatic rings. The molecule has 5 heteroatoms. The monoisotopic (exact) mass is 356 g/mol. The van der Waals surface area contributed by atoms with E-state index >= 15 is 0 Å². The first-order valence-corrected chi connectivity index (χ1v) is 8.71. The van der Waals surface area contributed by atoms with Gasteiger partial charge in [-0.05, 0) is 54.8 Å². The van der Waals surface area contributed by atoms with Crippen molar-refractivity contribution in [1.29, 1.82) is 0 Å². The van der Waals surface area contributed by atoms with Crippen LogP contribution in [0, 0.1) is 19.8 Å². The van der Waals surface area contributed by atoms with Gasteiger partial charge in [-0.15, -0.1) is 0 Å². The molecule has 1 N–H and O–H groups in total. The van der Waals surface area contributed by atoms with E-state index in [-0.39, 0.29) is 24.2 Å². The molecule has 1 saturated heterocycles. The van der Waals surface area contributed by atoms with E-state index < -0.39 is 0 Å². The Hall–Kier alpha value is -2.33. The predicted molar refractivity (Wildman–Crippen MR) is 99.7 cm³/mol. The lowest BCUT2D eigenvalue weighted by molar-refractivity contribution is -0.126. The zero-order valence-electron chi connectivity index (χ0n) is 14.4. The van der Waals surface area contributed by atoms with Gasteiger partial charge in [-0.3, -0.25) is 9.59 Å². The number of benzene rings is 2. The second-order valence-corrected chi connectivity index (χ2v) is 6.95. The average Bonchev–Trinajstić information content (AvgIpc) is 2.98. The third kappa shape index (κ3) is 4.02. The zero-order valence-corrected chi connectivity index (χ0v) is 15.1. The molecular weight excluding hydrogens is 336 g/mol. The zero-order chi connectivity index (χ0) is 18.0. The summed E-state index contributed by atoms with van der Waals surface area (Å²) in [6.07, 6.45) is 0.249. The smallest absolute Gasteiger partial charge is 0.227 e. The molecule has 1 aliphatic heterocycles. The maximum atomic E-state index is 12.4. The van der Waals surface area contributed by atoms with Crippen molar-refractivity contribution >= 4 is 29.1 Å². The van der Waals surface area contributed by atoms with Crippen LogP contribution in [-0.2, 0) is 16.1 Å². The highest BCUT2D eigenvalue weighted by molar-refractivity contribution is 6.30. The highest BCUT2D eigenvalue weighted by Gasteiger charge is 2.35. The lowest BCUT2D eigenvalue weighted by Gasteiger charge is -2.18. The summed E-state index contributed by atoms with van der Waals surface area (Å²) in [6.45, 7) is 4.92. The number of nitrogens with zero attached hydrogens (tertiary/aromatic N) is 1. The molecule has 1 unspecified atom stereocenters. The number of halogens is 1. The first-order valence-electron chi connectivity index (χ1n) is 8.34. The minimum absolute atomic E-state index is 0.00473. The molecule has 0 spiro atoms. The molecule has 4 nitrogen and oxygen atoms in total. The minimum Gasteiger partial charge on any atom is -0.352 e. The quantitative estimate of drug-likeness (QED) is 0.909. The summed E-state index contributed by atoms with van der Waals surface area (Å²) in [7, 11) is 0. The van der Waals surface area contributed by atoms with Crippen LogP contribution in [0.3, 0.4) is 0 Å². The third-order valence-corrected chi connectivity index (χ3v) is 4.93. The summed E-state index contributed by atoms with van der Waals surface area (Å²) < 4.78 is 0. The van der Waals surface area contributed by atoms with E-state index in [4.69, 9.17) is 11.6 Å². The lowest BCUT2D eigenvalue weighted by atomic mass is 10.1. The van der Waals surface area contributed by atoms with Crippen molar-refractivity contribution in [3.63, 3.8) is 0 Å². The Bertz CT molecular complexity index is 802. The maximum Gasteiger partial charge on any atom is 0.227 e. The minimum atomic E-state index is -0.318. The van der Waals surface area contributed by atoms with Gasteiger partial charge in [0.05, 0.1) is 5.92 Å². The summed E-state index contributed by atoms with van der Waals surface area (Å²) in [5.41, 5.74) is 4.17. The number of hydrogen-bond acceptors (Lipinski definition) is 2. The summed E-state index contributed by atoms with van der Waals surface area (Å²) in [5, 5.41) is 3.58. The van der Waals surface area contributed by atoms with Gasteiger partial charge in [-0.1, -0.05) is 29.8 Å². The van der Waals surface area contributed by atoms with Crippen LogP contribution in [0.4, 0.5) is 5.69 Å². The van der Waals surface area contributed by atoms with Gasteiger partial charge in [0.25, 0.3) is 0 Å².